The molecule has 1 aromatic heterocycles. The Labute approximate surface area is 159 Å². The first-order valence-corrected chi connectivity index (χ1v) is 8.65. The van der Waals surface area contributed by atoms with Gasteiger partial charge in [-0.2, -0.15) is 0 Å². The molecule has 0 radical (unpaired) electrons. The highest BCUT2D eigenvalue weighted by Gasteiger charge is 2.08. The number of H-pyrrole nitrogens is 1. The summed E-state index contributed by atoms with van der Waals surface area (Å²) in [5, 5.41) is 14.0. The van der Waals surface area contributed by atoms with Gasteiger partial charge in [-0.3, -0.25) is 14.2 Å². The molecule has 0 fully saturated rings. The van der Waals surface area contributed by atoms with E-state index < -0.39 is 5.97 Å². The number of nitrogens with one attached hydrogen (secondary N) is 2. The summed E-state index contributed by atoms with van der Waals surface area (Å²) >= 11 is 5.22. The number of aromatic carboxylic acids is 1. The van der Waals surface area contributed by atoms with Gasteiger partial charge in [0.1, 0.15) is 0 Å². The monoisotopic (exact) mass is 382 g/mol. The topological polar surface area (TPSA) is 107 Å². The summed E-state index contributed by atoms with van der Waals surface area (Å²) < 4.78 is 1.63. The van der Waals surface area contributed by atoms with Crippen molar-refractivity contribution in [1.82, 2.24) is 14.9 Å². The fraction of sp³-hybridized carbons (Fsp3) is 0.158. The fourth-order valence-corrected chi connectivity index (χ4v) is 2.95. The Morgan fingerprint density at radius 3 is 2.52 bits per heavy atom. The van der Waals surface area contributed by atoms with Crippen molar-refractivity contribution in [3.63, 3.8) is 0 Å². The largest absolute Gasteiger partial charge is 0.545 e. The summed E-state index contributed by atoms with van der Waals surface area (Å²) in [6.07, 6.45) is 0.0901. The molecular weight excluding hydrogens is 366 g/mol. The molecule has 2 aromatic carbocycles. The highest BCUT2D eigenvalue weighted by molar-refractivity contribution is 7.71. The Hall–Kier alpha value is -3.26. The second kappa shape index (κ2) is 7.96. The number of carbonyl (C=O) groups excluding carboxylic acids is 2. The van der Waals surface area contributed by atoms with Gasteiger partial charge in [-0.25, -0.2) is 0 Å². The van der Waals surface area contributed by atoms with Crippen LogP contribution in [0.15, 0.2) is 53.3 Å². The number of nitrogens with zero attached hydrogens (tertiary/aromatic N) is 1. The third-order valence-electron chi connectivity index (χ3n) is 4.13. The number of carbonyl (C=O) groups is 2. The third-order valence-corrected chi connectivity index (χ3v) is 4.45. The molecule has 0 bridgehead atoms. The Bertz CT molecular complexity index is 1120. The maximum atomic E-state index is 12.5. The van der Waals surface area contributed by atoms with Crippen LogP contribution in [0.5, 0.6) is 0 Å². The van der Waals surface area contributed by atoms with Crippen molar-refractivity contribution in [2.75, 3.05) is 0 Å². The lowest BCUT2D eigenvalue weighted by molar-refractivity contribution is -0.255. The highest BCUT2D eigenvalue weighted by atomic mass is 32.1. The first kappa shape index (κ1) is 18.5. The third kappa shape index (κ3) is 4.29. The predicted molar refractivity (Wildman–Crippen MR) is 101 cm³/mol. The van der Waals surface area contributed by atoms with E-state index in [1.54, 1.807) is 30.3 Å². The maximum Gasteiger partial charge on any atom is 0.262 e. The molecule has 1 heterocycles. The van der Waals surface area contributed by atoms with Crippen LogP contribution in [0.4, 0.5) is 0 Å². The van der Waals surface area contributed by atoms with Crippen molar-refractivity contribution in [1.29, 1.82) is 0 Å². The molecule has 0 saturated heterocycles. The van der Waals surface area contributed by atoms with Gasteiger partial charge in [-0.15, -0.1) is 0 Å². The number of carboxylic acids is 1. The van der Waals surface area contributed by atoms with Crippen molar-refractivity contribution in [2.45, 2.75) is 19.5 Å². The van der Waals surface area contributed by atoms with Crippen molar-refractivity contribution >= 4 is 35.0 Å². The zero-order valence-electron chi connectivity index (χ0n) is 14.2. The predicted octanol–water partition coefficient (Wildman–Crippen LogP) is 1.13. The van der Waals surface area contributed by atoms with Gasteiger partial charge < -0.3 is 20.2 Å². The van der Waals surface area contributed by atoms with E-state index >= 15 is 0 Å². The lowest BCUT2D eigenvalue weighted by Gasteiger charge is -2.09. The normalized spacial score (nSPS) is 10.7. The van der Waals surface area contributed by atoms with Crippen LogP contribution in [0, 0.1) is 4.77 Å². The molecule has 0 aliphatic heterocycles. The molecular formula is C19H16N3O4S-. The fourth-order valence-electron chi connectivity index (χ4n) is 2.66. The lowest BCUT2D eigenvalue weighted by atomic mass is 10.1. The molecule has 0 atom stereocenters. The van der Waals surface area contributed by atoms with Gasteiger partial charge in [0.05, 0.1) is 16.9 Å². The van der Waals surface area contributed by atoms with Crippen molar-refractivity contribution in [2.24, 2.45) is 0 Å². The molecule has 3 aromatic rings. The number of hydrogen-bond acceptors (Lipinski definition) is 5. The molecule has 0 spiro atoms. The molecule has 0 aliphatic carbocycles. The van der Waals surface area contributed by atoms with Gasteiger partial charge in [0, 0.05) is 19.5 Å². The Morgan fingerprint density at radius 1 is 1.11 bits per heavy atom. The van der Waals surface area contributed by atoms with Crippen LogP contribution in [0.1, 0.15) is 22.3 Å². The Morgan fingerprint density at radius 2 is 1.81 bits per heavy atom. The number of benzene rings is 2. The first-order chi connectivity index (χ1) is 13.0. The Kier molecular flexibility index (Phi) is 5.46. The van der Waals surface area contributed by atoms with E-state index in [9.17, 15) is 19.5 Å². The molecule has 0 saturated carbocycles. The van der Waals surface area contributed by atoms with Gasteiger partial charge in [0.15, 0.2) is 4.77 Å². The Balaban J connectivity index is 1.62. The SMILES string of the molecule is O=C(CCn1c(=S)[nH]c2ccccc2c1=O)NCc1ccc(C(=O)[O-])cc1. The zero-order chi connectivity index (χ0) is 19.4. The van der Waals surface area contributed by atoms with Crippen LogP contribution in [0.3, 0.4) is 0 Å². The van der Waals surface area contributed by atoms with E-state index in [0.29, 0.717) is 10.9 Å². The standard InChI is InChI=1S/C19H17N3O4S/c23-16(20-11-12-5-7-13(8-6-12)18(25)26)9-10-22-17(24)14-3-1-2-4-15(14)21-19(22)27/h1-8H,9-11H2,(H,20,23)(H,21,27)(H,25,26)/p-1. The van der Waals surface area contributed by atoms with Crippen LogP contribution in [-0.2, 0) is 17.9 Å². The van der Waals surface area contributed by atoms with E-state index in [4.69, 9.17) is 12.2 Å². The summed E-state index contributed by atoms with van der Waals surface area (Å²) in [6, 6.07) is 13.1. The van der Waals surface area contributed by atoms with Crippen LogP contribution in [0.2, 0.25) is 0 Å². The molecule has 27 heavy (non-hydrogen) atoms. The second-order valence-electron chi connectivity index (χ2n) is 5.94. The average molecular weight is 382 g/mol. The van der Waals surface area contributed by atoms with E-state index in [-0.39, 0.29) is 41.3 Å². The molecule has 3 rings (SSSR count). The number of aromatic amines is 1. The maximum absolute atomic E-state index is 12.5. The van der Waals surface area contributed by atoms with Gasteiger partial charge in [0.25, 0.3) is 5.56 Å². The first-order valence-electron chi connectivity index (χ1n) is 8.24. The van der Waals surface area contributed by atoms with Crippen LogP contribution in [0.25, 0.3) is 10.9 Å². The van der Waals surface area contributed by atoms with Gasteiger partial charge in [0.2, 0.25) is 5.91 Å². The minimum absolute atomic E-state index is 0.0787. The number of carboxylic acid groups (broad SMARTS) is 1. The van der Waals surface area contributed by atoms with Crippen molar-refractivity contribution in [3.8, 4) is 0 Å². The van der Waals surface area contributed by atoms with Gasteiger partial charge in [-0.05, 0) is 35.5 Å². The summed E-state index contributed by atoms with van der Waals surface area (Å²) in [5.41, 5.74) is 1.26. The van der Waals surface area contributed by atoms with E-state index in [2.05, 4.69) is 10.3 Å². The minimum atomic E-state index is -1.25. The van der Waals surface area contributed by atoms with Crippen LogP contribution < -0.4 is 16.0 Å². The lowest BCUT2D eigenvalue weighted by Crippen LogP contribution is -2.28. The zero-order valence-corrected chi connectivity index (χ0v) is 15.0. The molecule has 1 amide bonds. The molecule has 7 nitrogen and oxygen atoms in total. The van der Waals surface area contributed by atoms with E-state index in [0.717, 1.165) is 5.56 Å². The summed E-state index contributed by atoms with van der Waals surface area (Å²) in [5.74, 6) is -1.49. The van der Waals surface area contributed by atoms with Gasteiger partial charge in [-0.1, -0.05) is 36.4 Å². The number of para-hydroxylation sites is 1. The average Bonchev–Trinajstić information content (AvgIpc) is 2.66. The van der Waals surface area contributed by atoms with E-state index in [1.807, 2.05) is 6.07 Å². The number of amides is 1. The second-order valence-corrected chi connectivity index (χ2v) is 6.33. The van der Waals surface area contributed by atoms with Gasteiger partial charge >= 0.3 is 0 Å². The van der Waals surface area contributed by atoms with Crippen LogP contribution >= 0.6 is 12.2 Å². The molecule has 138 valence electrons. The summed E-state index contributed by atoms with van der Waals surface area (Å²) in [7, 11) is 0. The smallest absolute Gasteiger partial charge is 0.262 e. The van der Waals surface area contributed by atoms with Crippen LogP contribution in [-0.4, -0.2) is 21.4 Å². The summed E-state index contributed by atoms with van der Waals surface area (Å²) in [4.78, 5) is 38.3. The molecule has 8 heteroatoms. The highest BCUT2D eigenvalue weighted by Crippen LogP contribution is 2.06. The quantitative estimate of drug-likeness (QED) is 0.622. The van der Waals surface area contributed by atoms with Crippen molar-refractivity contribution in [3.05, 3.63) is 74.8 Å². The number of fused-ring (bicyclic) bond motifs is 1. The minimum Gasteiger partial charge on any atom is -0.545 e. The molecule has 0 unspecified atom stereocenters. The number of hydrogen-bond donors (Lipinski definition) is 2. The summed E-state index contributed by atoms with van der Waals surface area (Å²) in [6.45, 7) is 0.417. The number of aromatic nitrogens is 2. The number of rotatable bonds is 6. The molecule has 0 aliphatic rings. The van der Waals surface area contributed by atoms with E-state index in [1.165, 1.54) is 16.7 Å². The van der Waals surface area contributed by atoms with Crippen molar-refractivity contribution < 1.29 is 14.7 Å². The molecule has 2 N–H and O–H groups in total.